The third-order valence-electron chi connectivity index (χ3n) is 3.87. The summed E-state index contributed by atoms with van der Waals surface area (Å²) in [6.45, 7) is 7.95. The van der Waals surface area contributed by atoms with Gasteiger partial charge in [0.05, 0.1) is 18.3 Å². The monoisotopic (exact) mass is 342 g/mol. The van der Waals surface area contributed by atoms with Gasteiger partial charge in [-0.25, -0.2) is 9.48 Å². The van der Waals surface area contributed by atoms with Crippen molar-refractivity contribution in [2.24, 2.45) is 0 Å². The Morgan fingerprint density at radius 2 is 2.12 bits per heavy atom. The molecule has 0 amide bonds. The Balaban J connectivity index is 2.15. The Bertz CT molecular complexity index is 810. The van der Waals surface area contributed by atoms with Gasteiger partial charge < -0.3 is 14.8 Å². The van der Waals surface area contributed by atoms with Crippen molar-refractivity contribution in [3.63, 3.8) is 0 Å². The van der Waals surface area contributed by atoms with Crippen molar-refractivity contribution < 1.29 is 14.3 Å². The number of para-hydroxylation sites is 1. The maximum absolute atomic E-state index is 12.8. The van der Waals surface area contributed by atoms with Crippen molar-refractivity contribution in [2.45, 2.75) is 39.8 Å². The van der Waals surface area contributed by atoms with Crippen LogP contribution in [0.3, 0.4) is 0 Å². The summed E-state index contributed by atoms with van der Waals surface area (Å²) < 4.78 is 12.9. The summed E-state index contributed by atoms with van der Waals surface area (Å²) in [6.07, 6.45) is 1.25. The number of hydrogen-bond acceptors (Lipinski definition) is 6. The summed E-state index contributed by atoms with van der Waals surface area (Å²) in [6, 6.07) is 7.17. The molecule has 1 aromatic heterocycles. The lowest BCUT2D eigenvalue weighted by molar-refractivity contribution is -0.143. The van der Waals surface area contributed by atoms with E-state index in [1.807, 2.05) is 52.0 Å². The third-order valence-corrected chi connectivity index (χ3v) is 3.87. The van der Waals surface area contributed by atoms with E-state index >= 15 is 0 Å². The molecule has 1 aliphatic heterocycles. The number of benzene rings is 1. The van der Waals surface area contributed by atoms with Gasteiger partial charge in [0.15, 0.2) is 0 Å². The number of hydrogen-bond donors (Lipinski definition) is 1. The van der Waals surface area contributed by atoms with Crippen molar-refractivity contribution >= 4 is 11.9 Å². The molecular formula is C18H22N4O3. The summed E-state index contributed by atoms with van der Waals surface area (Å²) in [5.74, 6) is 0.911. The second kappa shape index (κ2) is 6.96. The van der Waals surface area contributed by atoms with Gasteiger partial charge in [-0.05, 0) is 33.8 Å². The van der Waals surface area contributed by atoms with Gasteiger partial charge in [-0.3, -0.25) is 0 Å². The number of anilines is 1. The topological polar surface area (TPSA) is 78.3 Å². The number of allylic oxidation sites excluding steroid dienone is 1. The average molecular weight is 342 g/mol. The summed E-state index contributed by atoms with van der Waals surface area (Å²) in [7, 11) is 0. The molecule has 0 aliphatic carbocycles. The number of rotatable bonds is 5. The van der Waals surface area contributed by atoms with Gasteiger partial charge in [0, 0.05) is 11.3 Å². The van der Waals surface area contributed by atoms with Gasteiger partial charge in [0.2, 0.25) is 5.95 Å². The summed E-state index contributed by atoms with van der Waals surface area (Å²) in [4.78, 5) is 17.0. The van der Waals surface area contributed by atoms with Crippen molar-refractivity contribution in [3.8, 4) is 5.75 Å². The lowest BCUT2D eigenvalue weighted by atomic mass is 9.95. The molecular weight excluding hydrogens is 320 g/mol. The van der Waals surface area contributed by atoms with Gasteiger partial charge in [0.25, 0.3) is 0 Å². The van der Waals surface area contributed by atoms with Crippen LogP contribution in [0, 0.1) is 0 Å². The van der Waals surface area contributed by atoms with E-state index in [1.54, 1.807) is 4.68 Å². The van der Waals surface area contributed by atoms with E-state index in [0.29, 0.717) is 29.6 Å². The van der Waals surface area contributed by atoms with Crippen LogP contribution in [-0.2, 0) is 9.53 Å². The molecule has 1 unspecified atom stereocenters. The van der Waals surface area contributed by atoms with Crippen molar-refractivity contribution in [3.05, 3.63) is 47.4 Å². The van der Waals surface area contributed by atoms with E-state index < -0.39 is 6.04 Å². The van der Waals surface area contributed by atoms with Crippen LogP contribution in [0.2, 0.25) is 0 Å². The highest BCUT2D eigenvalue weighted by molar-refractivity contribution is 5.92. The number of aromatic nitrogens is 3. The molecule has 0 saturated carbocycles. The molecule has 7 nitrogen and oxygen atoms in total. The number of fused-ring (bicyclic) bond motifs is 1. The van der Waals surface area contributed by atoms with Crippen molar-refractivity contribution in [1.29, 1.82) is 0 Å². The molecule has 2 heterocycles. The molecule has 0 bridgehead atoms. The normalized spacial score (nSPS) is 16.4. The minimum Gasteiger partial charge on any atom is -0.494 e. The Morgan fingerprint density at radius 1 is 1.36 bits per heavy atom. The Morgan fingerprint density at radius 3 is 2.84 bits per heavy atom. The molecule has 25 heavy (non-hydrogen) atoms. The van der Waals surface area contributed by atoms with Crippen molar-refractivity contribution in [1.82, 2.24) is 14.8 Å². The molecule has 1 atom stereocenters. The molecule has 0 saturated heterocycles. The van der Waals surface area contributed by atoms with E-state index in [4.69, 9.17) is 9.47 Å². The Kier molecular flexibility index (Phi) is 4.74. The number of nitrogens with zero attached hydrogens (tertiary/aromatic N) is 3. The molecule has 0 fully saturated rings. The van der Waals surface area contributed by atoms with Gasteiger partial charge in [0.1, 0.15) is 18.1 Å². The second-order valence-electron chi connectivity index (χ2n) is 6.02. The maximum atomic E-state index is 12.8. The van der Waals surface area contributed by atoms with Gasteiger partial charge in [-0.15, -0.1) is 0 Å². The first kappa shape index (κ1) is 17.0. The molecule has 3 rings (SSSR count). The SMILES string of the molecule is CCOc1ccccc1C1C(C(=O)OC(C)C)=C(C)Nc2ncnn21. The lowest BCUT2D eigenvalue weighted by Crippen LogP contribution is -2.30. The van der Waals surface area contributed by atoms with E-state index in [1.165, 1.54) is 6.33 Å². The number of ether oxygens (including phenoxy) is 2. The Hall–Kier alpha value is -2.83. The smallest absolute Gasteiger partial charge is 0.338 e. The van der Waals surface area contributed by atoms with Crippen LogP contribution < -0.4 is 10.1 Å². The van der Waals surface area contributed by atoms with Crippen LogP contribution in [0.5, 0.6) is 5.75 Å². The first-order valence-corrected chi connectivity index (χ1v) is 8.33. The molecule has 1 aromatic carbocycles. The lowest BCUT2D eigenvalue weighted by Gasteiger charge is -2.29. The standard InChI is InChI=1S/C18H22N4O3/c1-5-24-14-9-7-6-8-13(14)16-15(17(23)25-11(2)3)12(4)21-18-19-10-20-22(16)18/h6-11,16H,5H2,1-4H3,(H,19,20,21). The van der Waals surface area contributed by atoms with Crippen molar-refractivity contribution in [2.75, 3.05) is 11.9 Å². The van der Waals surface area contributed by atoms with Crippen LogP contribution in [0.4, 0.5) is 5.95 Å². The molecule has 2 aromatic rings. The molecule has 1 N–H and O–H groups in total. The van der Waals surface area contributed by atoms with E-state index in [0.717, 1.165) is 5.56 Å². The predicted octanol–water partition coefficient (Wildman–Crippen LogP) is 2.92. The highest BCUT2D eigenvalue weighted by Crippen LogP contribution is 2.39. The average Bonchev–Trinajstić information content (AvgIpc) is 3.01. The second-order valence-corrected chi connectivity index (χ2v) is 6.02. The van der Waals surface area contributed by atoms with Crippen LogP contribution in [0.15, 0.2) is 41.9 Å². The predicted molar refractivity (Wildman–Crippen MR) is 93.3 cm³/mol. The number of nitrogens with one attached hydrogen (secondary N) is 1. The maximum Gasteiger partial charge on any atom is 0.338 e. The van der Waals surface area contributed by atoms with Crippen LogP contribution >= 0.6 is 0 Å². The number of carbonyl (C=O) groups is 1. The fourth-order valence-electron chi connectivity index (χ4n) is 2.91. The van der Waals surface area contributed by atoms with Gasteiger partial charge in [-0.2, -0.15) is 10.1 Å². The highest BCUT2D eigenvalue weighted by atomic mass is 16.5. The van der Waals surface area contributed by atoms with Crippen LogP contribution in [0.25, 0.3) is 0 Å². The number of carbonyl (C=O) groups excluding carboxylic acids is 1. The first-order chi connectivity index (χ1) is 12.0. The number of esters is 1. The molecule has 0 spiro atoms. The fraction of sp³-hybridized carbons (Fsp3) is 0.389. The first-order valence-electron chi connectivity index (χ1n) is 8.33. The molecule has 7 heteroatoms. The molecule has 0 radical (unpaired) electrons. The zero-order valence-electron chi connectivity index (χ0n) is 14.8. The van der Waals surface area contributed by atoms with Crippen LogP contribution in [-0.4, -0.2) is 33.4 Å². The summed E-state index contributed by atoms with van der Waals surface area (Å²) in [5.41, 5.74) is 2.04. The van der Waals surface area contributed by atoms with E-state index in [-0.39, 0.29) is 12.1 Å². The molecule has 132 valence electrons. The minimum atomic E-state index is -0.465. The summed E-state index contributed by atoms with van der Waals surface area (Å²) in [5, 5.41) is 7.43. The quantitative estimate of drug-likeness (QED) is 0.842. The highest BCUT2D eigenvalue weighted by Gasteiger charge is 2.36. The van der Waals surface area contributed by atoms with Crippen LogP contribution in [0.1, 0.15) is 39.3 Å². The zero-order valence-corrected chi connectivity index (χ0v) is 14.8. The van der Waals surface area contributed by atoms with Gasteiger partial charge >= 0.3 is 5.97 Å². The third kappa shape index (κ3) is 3.22. The van der Waals surface area contributed by atoms with Gasteiger partial charge in [-0.1, -0.05) is 18.2 Å². The Labute approximate surface area is 146 Å². The molecule has 1 aliphatic rings. The summed E-state index contributed by atoms with van der Waals surface area (Å²) >= 11 is 0. The van der Waals surface area contributed by atoms with E-state index in [2.05, 4.69) is 15.4 Å². The zero-order chi connectivity index (χ0) is 18.0. The minimum absolute atomic E-state index is 0.215. The van der Waals surface area contributed by atoms with E-state index in [9.17, 15) is 4.79 Å². The fourth-order valence-corrected chi connectivity index (χ4v) is 2.91. The largest absolute Gasteiger partial charge is 0.494 e.